The van der Waals surface area contributed by atoms with E-state index in [1.807, 2.05) is 0 Å². The van der Waals surface area contributed by atoms with Gasteiger partial charge in [0.1, 0.15) is 0 Å². The lowest BCUT2D eigenvalue weighted by atomic mass is 9.67. The third-order valence-corrected chi connectivity index (χ3v) is 3.86. The largest absolute Gasteiger partial charge is 0.0820 e. The Labute approximate surface area is 116 Å². The molecule has 0 saturated carbocycles. The molecule has 0 aromatic heterocycles. The molecule has 0 heterocycles. The van der Waals surface area contributed by atoms with Crippen molar-refractivity contribution in [1.29, 1.82) is 0 Å². The second kappa shape index (κ2) is 7.16. The normalized spacial score (nSPS) is 17.8. The molecule has 0 aromatic carbocycles. The van der Waals surface area contributed by atoms with E-state index in [1.54, 1.807) is 0 Å². The van der Waals surface area contributed by atoms with Gasteiger partial charge in [0.15, 0.2) is 0 Å². The molecular weight excluding hydrogens is 216 g/mol. The van der Waals surface area contributed by atoms with E-state index in [2.05, 4.69) is 80.5 Å². The van der Waals surface area contributed by atoms with Gasteiger partial charge in [-0.3, -0.25) is 0 Å². The minimum absolute atomic E-state index is 0.329. The molecule has 0 fully saturated rings. The Balaban J connectivity index is 5.10. The van der Waals surface area contributed by atoms with Crippen LogP contribution in [0.25, 0.3) is 0 Å². The summed E-state index contributed by atoms with van der Waals surface area (Å²) in [6.07, 6.45) is 6.81. The van der Waals surface area contributed by atoms with E-state index in [9.17, 15) is 0 Å². The highest BCUT2D eigenvalue weighted by Gasteiger charge is 2.32. The summed E-state index contributed by atoms with van der Waals surface area (Å²) in [6.45, 7) is 20.9. The maximum absolute atomic E-state index is 2.39. The standard InChI is InChI=1S/C18H34/c1-13(2)11-10-12-15(5)17(18(7,8)9)16(6)14(3)4/h10-14,16-17H,1-9H3. The first-order valence-corrected chi connectivity index (χ1v) is 7.42. The van der Waals surface area contributed by atoms with Crippen LogP contribution in [0.4, 0.5) is 0 Å². The summed E-state index contributed by atoms with van der Waals surface area (Å²) in [6, 6.07) is 0. The van der Waals surface area contributed by atoms with Gasteiger partial charge < -0.3 is 0 Å². The number of hydrogen-bond donors (Lipinski definition) is 0. The highest BCUT2D eigenvalue weighted by atomic mass is 14.4. The van der Waals surface area contributed by atoms with E-state index in [-0.39, 0.29) is 0 Å². The first-order valence-electron chi connectivity index (χ1n) is 7.42. The molecule has 0 rings (SSSR count). The number of rotatable bonds is 5. The molecule has 0 amide bonds. The summed E-state index contributed by atoms with van der Waals surface area (Å²) in [4.78, 5) is 0. The predicted octanol–water partition coefficient (Wildman–Crippen LogP) is 6.10. The highest BCUT2D eigenvalue weighted by molar-refractivity contribution is 5.16. The molecular formula is C18H34. The average molecular weight is 250 g/mol. The van der Waals surface area contributed by atoms with Gasteiger partial charge >= 0.3 is 0 Å². The third kappa shape index (κ3) is 5.89. The molecule has 18 heavy (non-hydrogen) atoms. The van der Waals surface area contributed by atoms with Crippen molar-refractivity contribution in [2.24, 2.45) is 29.1 Å². The summed E-state index contributed by atoms with van der Waals surface area (Å²) in [5.41, 5.74) is 1.84. The Kier molecular flexibility index (Phi) is 6.96. The van der Waals surface area contributed by atoms with Crippen LogP contribution in [-0.4, -0.2) is 0 Å². The lowest BCUT2D eigenvalue weighted by Gasteiger charge is -2.38. The molecule has 0 aliphatic carbocycles. The van der Waals surface area contributed by atoms with Crippen molar-refractivity contribution < 1.29 is 0 Å². The molecule has 0 spiro atoms. The maximum atomic E-state index is 2.39. The molecule has 0 bridgehead atoms. The molecule has 106 valence electrons. The Bertz CT molecular complexity index is 284. The van der Waals surface area contributed by atoms with Gasteiger partial charge in [0.25, 0.3) is 0 Å². The fourth-order valence-corrected chi connectivity index (χ4v) is 2.80. The van der Waals surface area contributed by atoms with E-state index in [0.717, 1.165) is 5.92 Å². The number of hydrogen-bond acceptors (Lipinski definition) is 0. The van der Waals surface area contributed by atoms with E-state index in [0.29, 0.717) is 23.2 Å². The summed E-state index contributed by atoms with van der Waals surface area (Å²) < 4.78 is 0. The summed E-state index contributed by atoms with van der Waals surface area (Å²) >= 11 is 0. The predicted molar refractivity (Wildman–Crippen MR) is 84.7 cm³/mol. The lowest BCUT2D eigenvalue weighted by Crippen LogP contribution is -2.30. The number of allylic oxidation sites excluding steroid dienone is 4. The summed E-state index contributed by atoms with van der Waals surface area (Å²) in [5, 5.41) is 0. The van der Waals surface area contributed by atoms with Crippen LogP contribution in [0.5, 0.6) is 0 Å². The van der Waals surface area contributed by atoms with Crippen molar-refractivity contribution in [1.82, 2.24) is 0 Å². The maximum Gasteiger partial charge on any atom is -0.0126 e. The molecule has 0 N–H and O–H groups in total. The minimum atomic E-state index is 0.329. The van der Waals surface area contributed by atoms with Crippen LogP contribution in [0.3, 0.4) is 0 Å². The van der Waals surface area contributed by atoms with Crippen molar-refractivity contribution in [2.45, 2.75) is 62.3 Å². The van der Waals surface area contributed by atoms with Crippen LogP contribution in [0.1, 0.15) is 62.3 Å². The van der Waals surface area contributed by atoms with Crippen LogP contribution < -0.4 is 0 Å². The molecule has 0 aliphatic heterocycles. The zero-order valence-corrected chi connectivity index (χ0v) is 14.0. The molecule has 2 atom stereocenters. The molecule has 0 aliphatic rings. The summed E-state index contributed by atoms with van der Waals surface area (Å²) in [7, 11) is 0. The SMILES string of the molecule is CC(=CC=CC(C)C)C(C(C)C(C)C)C(C)(C)C. The van der Waals surface area contributed by atoms with Crippen LogP contribution in [0.15, 0.2) is 23.8 Å². The minimum Gasteiger partial charge on any atom is -0.0820 e. The van der Waals surface area contributed by atoms with Crippen molar-refractivity contribution >= 4 is 0 Å². The van der Waals surface area contributed by atoms with E-state index < -0.39 is 0 Å². The van der Waals surface area contributed by atoms with E-state index in [1.165, 1.54) is 5.57 Å². The zero-order chi connectivity index (χ0) is 14.5. The van der Waals surface area contributed by atoms with Gasteiger partial charge in [0.2, 0.25) is 0 Å². The van der Waals surface area contributed by atoms with Crippen molar-refractivity contribution in [2.75, 3.05) is 0 Å². The summed E-state index contributed by atoms with van der Waals surface area (Å²) in [5.74, 6) is 2.72. The van der Waals surface area contributed by atoms with Gasteiger partial charge in [-0.15, -0.1) is 0 Å². The van der Waals surface area contributed by atoms with Gasteiger partial charge in [-0.1, -0.05) is 79.2 Å². The van der Waals surface area contributed by atoms with Gasteiger partial charge in [-0.25, -0.2) is 0 Å². The lowest BCUT2D eigenvalue weighted by molar-refractivity contribution is 0.168. The fourth-order valence-electron chi connectivity index (χ4n) is 2.80. The molecule has 0 saturated heterocycles. The third-order valence-electron chi connectivity index (χ3n) is 3.86. The van der Waals surface area contributed by atoms with Gasteiger partial charge in [-0.05, 0) is 36.0 Å². The molecule has 0 radical (unpaired) electrons. The Hall–Kier alpha value is -0.520. The first kappa shape index (κ1) is 17.5. The molecule has 0 aromatic rings. The second-order valence-corrected chi connectivity index (χ2v) is 7.49. The van der Waals surface area contributed by atoms with E-state index >= 15 is 0 Å². The Morgan fingerprint density at radius 1 is 0.944 bits per heavy atom. The molecule has 0 heteroatoms. The topological polar surface area (TPSA) is 0 Å². The fraction of sp³-hybridized carbons (Fsp3) is 0.778. The average Bonchev–Trinajstić information content (AvgIpc) is 2.14. The van der Waals surface area contributed by atoms with Crippen molar-refractivity contribution in [3.05, 3.63) is 23.8 Å². The highest BCUT2D eigenvalue weighted by Crippen LogP contribution is 2.40. The first-order chi connectivity index (χ1) is 8.07. The van der Waals surface area contributed by atoms with Crippen LogP contribution >= 0.6 is 0 Å². The van der Waals surface area contributed by atoms with Gasteiger partial charge in [0, 0.05) is 0 Å². The quantitative estimate of drug-likeness (QED) is 0.517. The van der Waals surface area contributed by atoms with Crippen LogP contribution in [0, 0.1) is 29.1 Å². The Morgan fingerprint density at radius 3 is 1.78 bits per heavy atom. The van der Waals surface area contributed by atoms with Crippen molar-refractivity contribution in [3.63, 3.8) is 0 Å². The van der Waals surface area contributed by atoms with Gasteiger partial charge in [0.05, 0.1) is 0 Å². The van der Waals surface area contributed by atoms with Crippen LogP contribution in [-0.2, 0) is 0 Å². The second-order valence-electron chi connectivity index (χ2n) is 7.49. The molecule has 2 unspecified atom stereocenters. The monoisotopic (exact) mass is 250 g/mol. The smallest absolute Gasteiger partial charge is 0.0126 e. The van der Waals surface area contributed by atoms with Crippen LogP contribution in [0.2, 0.25) is 0 Å². The van der Waals surface area contributed by atoms with Crippen molar-refractivity contribution in [3.8, 4) is 0 Å². The van der Waals surface area contributed by atoms with E-state index in [4.69, 9.17) is 0 Å². The Morgan fingerprint density at radius 2 is 1.44 bits per heavy atom. The van der Waals surface area contributed by atoms with Gasteiger partial charge in [-0.2, -0.15) is 0 Å². The molecule has 0 nitrogen and oxygen atoms in total. The zero-order valence-electron chi connectivity index (χ0n) is 14.0.